The van der Waals surface area contributed by atoms with E-state index in [9.17, 15) is 4.79 Å². The molecule has 0 saturated carbocycles. The number of anilines is 1. The monoisotopic (exact) mass is 364 g/mol. The Bertz CT molecular complexity index is 941. The van der Waals surface area contributed by atoms with E-state index in [2.05, 4.69) is 48.7 Å². The van der Waals surface area contributed by atoms with Gasteiger partial charge in [-0.3, -0.25) is 14.8 Å². The van der Waals surface area contributed by atoms with Gasteiger partial charge >= 0.3 is 0 Å². The number of nitrogens with zero attached hydrogens (tertiary/aromatic N) is 5. The van der Waals surface area contributed by atoms with Gasteiger partial charge in [0.25, 0.3) is 5.91 Å². The summed E-state index contributed by atoms with van der Waals surface area (Å²) in [6.07, 6.45) is 5.31. The zero-order valence-corrected chi connectivity index (χ0v) is 15.7. The van der Waals surface area contributed by atoms with Gasteiger partial charge in [0.15, 0.2) is 0 Å². The highest BCUT2D eigenvalue weighted by atomic mass is 16.1. The molecule has 1 aliphatic heterocycles. The minimum atomic E-state index is -0.114. The van der Waals surface area contributed by atoms with E-state index in [1.807, 2.05) is 25.3 Å². The first-order chi connectivity index (χ1) is 13.1. The number of piperazine rings is 1. The van der Waals surface area contributed by atoms with Gasteiger partial charge in [0.05, 0.1) is 29.7 Å². The van der Waals surface area contributed by atoms with Crippen LogP contribution in [0, 0.1) is 6.92 Å². The summed E-state index contributed by atoms with van der Waals surface area (Å²) in [5, 5.41) is 2.92. The van der Waals surface area contributed by atoms with E-state index in [1.165, 1.54) is 0 Å². The van der Waals surface area contributed by atoms with Crippen LogP contribution in [-0.2, 0) is 6.54 Å². The molecular formula is C20H24N6O. The SMILES string of the molecule is Cc1cnc(CNC(=O)c2ccc3ccc(N4CCN(C)CC4)n3c2)cn1. The number of pyridine rings is 1. The number of hydrogen-bond donors (Lipinski definition) is 1. The zero-order valence-electron chi connectivity index (χ0n) is 15.7. The summed E-state index contributed by atoms with van der Waals surface area (Å²) in [6, 6.07) is 8.07. The molecule has 0 atom stereocenters. The Hall–Kier alpha value is -2.93. The highest BCUT2D eigenvalue weighted by Crippen LogP contribution is 2.21. The van der Waals surface area contributed by atoms with Crippen molar-refractivity contribution >= 4 is 17.2 Å². The molecule has 1 N–H and O–H groups in total. The summed E-state index contributed by atoms with van der Waals surface area (Å²) in [7, 11) is 2.15. The average molecular weight is 364 g/mol. The minimum Gasteiger partial charge on any atom is -0.355 e. The lowest BCUT2D eigenvalue weighted by molar-refractivity contribution is 0.0950. The van der Waals surface area contributed by atoms with Gasteiger partial charge in [0.2, 0.25) is 0 Å². The van der Waals surface area contributed by atoms with Crippen LogP contribution in [-0.4, -0.2) is 58.4 Å². The van der Waals surface area contributed by atoms with Crippen LogP contribution in [0.3, 0.4) is 0 Å². The molecule has 0 unspecified atom stereocenters. The minimum absolute atomic E-state index is 0.114. The fourth-order valence-electron chi connectivity index (χ4n) is 3.30. The summed E-state index contributed by atoms with van der Waals surface area (Å²) >= 11 is 0. The third-order valence-corrected chi connectivity index (χ3v) is 4.98. The molecule has 3 aromatic heterocycles. The second kappa shape index (κ2) is 7.36. The predicted molar refractivity (Wildman–Crippen MR) is 105 cm³/mol. The fraction of sp³-hybridized carbons (Fsp3) is 0.350. The van der Waals surface area contributed by atoms with E-state index in [0.717, 1.165) is 48.9 Å². The van der Waals surface area contributed by atoms with Crippen molar-refractivity contribution < 1.29 is 4.79 Å². The van der Waals surface area contributed by atoms with Gasteiger partial charge < -0.3 is 19.5 Å². The molecule has 7 nitrogen and oxygen atoms in total. The maximum absolute atomic E-state index is 12.6. The van der Waals surface area contributed by atoms with Crippen LogP contribution in [0.4, 0.5) is 5.82 Å². The highest BCUT2D eigenvalue weighted by molar-refractivity contribution is 5.94. The number of fused-ring (bicyclic) bond motifs is 1. The van der Waals surface area contributed by atoms with E-state index < -0.39 is 0 Å². The molecule has 27 heavy (non-hydrogen) atoms. The van der Waals surface area contributed by atoms with E-state index in [4.69, 9.17) is 0 Å². The number of amides is 1. The van der Waals surface area contributed by atoms with Crippen LogP contribution < -0.4 is 10.2 Å². The van der Waals surface area contributed by atoms with E-state index in [-0.39, 0.29) is 5.91 Å². The molecule has 3 aromatic rings. The summed E-state index contributed by atoms with van der Waals surface area (Å²) < 4.78 is 2.10. The summed E-state index contributed by atoms with van der Waals surface area (Å²) in [4.78, 5) is 25.8. The molecule has 7 heteroatoms. The van der Waals surface area contributed by atoms with E-state index in [1.54, 1.807) is 12.4 Å². The van der Waals surface area contributed by atoms with Crippen molar-refractivity contribution in [3.8, 4) is 0 Å². The Balaban J connectivity index is 1.51. The van der Waals surface area contributed by atoms with Crippen LogP contribution in [0.15, 0.2) is 42.9 Å². The van der Waals surface area contributed by atoms with Crippen LogP contribution in [0.5, 0.6) is 0 Å². The Morgan fingerprint density at radius 3 is 2.59 bits per heavy atom. The van der Waals surface area contributed by atoms with Crippen molar-refractivity contribution in [2.75, 3.05) is 38.1 Å². The average Bonchev–Trinajstić information content (AvgIpc) is 3.11. The van der Waals surface area contributed by atoms with Crippen LogP contribution in [0.2, 0.25) is 0 Å². The number of hydrogen-bond acceptors (Lipinski definition) is 5. The number of aromatic nitrogens is 3. The molecule has 4 heterocycles. The van der Waals surface area contributed by atoms with Gasteiger partial charge in [-0.1, -0.05) is 0 Å². The Labute approximate surface area is 158 Å². The number of carbonyl (C=O) groups is 1. The van der Waals surface area contributed by atoms with Crippen LogP contribution >= 0.6 is 0 Å². The number of carbonyl (C=O) groups excluding carboxylic acids is 1. The molecule has 1 amide bonds. The van der Waals surface area contributed by atoms with Crippen molar-refractivity contribution in [3.05, 3.63) is 59.8 Å². The second-order valence-corrected chi connectivity index (χ2v) is 7.03. The molecule has 1 aliphatic rings. The largest absolute Gasteiger partial charge is 0.355 e. The molecule has 4 rings (SSSR count). The molecule has 0 bridgehead atoms. The third-order valence-electron chi connectivity index (χ3n) is 4.98. The topological polar surface area (TPSA) is 65.8 Å². The molecule has 1 fully saturated rings. The smallest absolute Gasteiger partial charge is 0.253 e. The number of aryl methyl sites for hydroxylation is 1. The van der Waals surface area contributed by atoms with Crippen LogP contribution in [0.25, 0.3) is 5.52 Å². The van der Waals surface area contributed by atoms with Crippen molar-refractivity contribution in [1.82, 2.24) is 24.6 Å². The van der Waals surface area contributed by atoms with Gasteiger partial charge in [-0.15, -0.1) is 0 Å². The molecule has 0 radical (unpaired) electrons. The Morgan fingerprint density at radius 1 is 1.07 bits per heavy atom. The van der Waals surface area contributed by atoms with Gasteiger partial charge in [0.1, 0.15) is 5.82 Å². The number of nitrogens with one attached hydrogen (secondary N) is 1. The lowest BCUT2D eigenvalue weighted by atomic mass is 10.2. The van der Waals surface area contributed by atoms with Gasteiger partial charge in [-0.25, -0.2) is 0 Å². The molecule has 0 spiro atoms. The Kier molecular flexibility index (Phi) is 4.77. The fourth-order valence-corrected chi connectivity index (χ4v) is 3.30. The summed E-state index contributed by atoms with van der Waals surface area (Å²) in [5.41, 5.74) is 3.33. The van der Waals surface area contributed by atoms with Gasteiger partial charge in [-0.2, -0.15) is 0 Å². The predicted octanol–water partition coefficient (Wildman–Crippen LogP) is 1.72. The standard InChI is InChI=1S/C20H24N6O/c1-15-11-22-17(12-21-15)13-23-20(27)16-3-4-18-5-6-19(26(18)14-16)25-9-7-24(2)8-10-25/h3-6,11-12,14H,7-10,13H2,1-2H3,(H,23,27). The number of likely N-dealkylation sites (N-methyl/N-ethyl adjacent to an activating group) is 1. The molecule has 0 aliphatic carbocycles. The van der Waals surface area contributed by atoms with Crippen molar-refractivity contribution in [2.45, 2.75) is 13.5 Å². The maximum Gasteiger partial charge on any atom is 0.253 e. The van der Waals surface area contributed by atoms with Gasteiger partial charge in [0, 0.05) is 44.1 Å². The molecule has 1 saturated heterocycles. The van der Waals surface area contributed by atoms with Crippen molar-refractivity contribution in [1.29, 1.82) is 0 Å². The summed E-state index contributed by atoms with van der Waals surface area (Å²) in [5.74, 6) is 1.02. The second-order valence-electron chi connectivity index (χ2n) is 7.03. The van der Waals surface area contributed by atoms with Crippen molar-refractivity contribution in [2.24, 2.45) is 0 Å². The highest BCUT2D eigenvalue weighted by Gasteiger charge is 2.17. The summed E-state index contributed by atoms with van der Waals surface area (Å²) in [6.45, 7) is 6.33. The normalized spacial score (nSPS) is 15.3. The molecule has 140 valence electrons. The maximum atomic E-state index is 12.6. The first-order valence-corrected chi connectivity index (χ1v) is 9.20. The van der Waals surface area contributed by atoms with E-state index in [0.29, 0.717) is 12.1 Å². The first kappa shape index (κ1) is 17.5. The van der Waals surface area contributed by atoms with Gasteiger partial charge in [-0.05, 0) is 38.2 Å². The van der Waals surface area contributed by atoms with Crippen LogP contribution in [0.1, 0.15) is 21.7 Å². The first-order valence-electron chi connectivity index (χ1n) is 9.20. The van der Waals surface area contributed by atoms with E-state index >= 15 is 0 Å². The lowest BCUT2D eigenvalue weighted by Crippen LogP contribution is -2.44. The lowest BCUT2D eigenvalue weighted by Gasteiger charge is -2.33. The Morgan fingerprint density at radius 2 is 1.85 bits per heavy atom. The number of rotatable bonds is 4. The molecular weight excluding hydrogens is 340 g/mol. The zero-order chi connectivity index (χ0) is 18.8. The van der Waals surface area contributed by atoms with Crippen molar-refractivity contribution in [3.63, 3.8) is 0 Å². The third kappa shape index (κ3) is 3.78. The quantitative estimate of drug-likeness (QED) is 0.764. The molecule has 0 aromatic carbocycles.